The number of benzene rings is 2. The number of carbonyl (C=O) groups is 6. The van der Waals surface area contributed by atoms with E-state index in [2.05, 4.69) is 28.8 Å². The molecule has 0 heterocycles. The van der Waals surface area contributed by atoms with Gasteiger partial charge in [-0.3, -0.25) is 24.0 Å². The molecule has 2 rings (SSSR count). The van der Waals surface area contributed by atoms with Crippen LogP contribution in [0.1, 0.15) is 70.1 Å². The number of ether oxygens (including phenoxy) is 5. The van der Waals surface area contributed by atoms with Crippen LogP contribution in [0, 0.1) is 0 Å². The maximum Gasteiger partial charge on any atom is 1.00 e. The second-order valence-electron chi connectivity index (χ2n) is 11.8. The van der Waals surface area contributed by atoms with Crippen LogP contribution >= 0.6 is 24.4 Å². The van der Waals surface area contributed by atoms with Gasteiger partial charge in [0.05, 0.1) is 26.2 Å². The van der Waals surface area contributed by atoms with E-state index in [0.29, 0.717) is 52.9 Å². The molecule has 21 heteroatoms. The summed E-state index contributed by atoms with van der Waals surface area (Å²) >= 11 is 5.17. The van der Waals surface area contributed by atoms with Gasteiger partial charge in [-0.25, -0.2) is 4.79 Å². The summed E-state index contributed by atoms with van der Waals surface area (Å²) in [4.78, 5) is 66.9. The summed E-state index contributed by atoms with van der Waals surface area (Å²) < 4.78 is 24.9. The molecule has 0 unspecified atom stereocenters. The van der Waals surface area contributed by atoms with Gasteiger partial charge in [-0.1, -0.05) is 6.58 Å². The van der Waals surface area contributed by atoms with Crippen molar-refractivity contribution in [2.24, 2.45) is 0 Å². The quantitative estimate of drug-likeness (QED) is 0.00776. The second-order valence-corrected chi connectivity index (χ2v) is 13.4. The van der Waals surface area contributed by atoms with Crippen LogP contribution in [0.2, 0.25) is 0 Å². The van der Waals surface area contributed by atoms with Gasteiger partial charge in [-0.2, -0.15) is 24.4 Å². The Bertz CT molecular complexity index is 1450. The van der Waals surface area contributed by atoms with E-state index in [-0.39, 0.29) is 174 Å². The van der Waals surface area contributed by atoms with Gasteiger partial charge in [-0.15, -0.1) is 0 Å². The minimum atomic E-state index is -1.41. The number of rotatable bonds is 21. The molecule has 330 valence electrons. The van der Waals surface area contributed by atoms with Gasteiger partial charge in [0, 0.05) is 41.4 Å². The molecule has 0 aliphatic carbocycles. The van der Waals surface area contributed by atoms with E-state index >= 15 is 0 Å². The number of Topliss-reactive ketones (excluding diaryl/α,β-unsaturated/α-hetero) is 2. The Labute approximate surface area is 448 Å². The number of thiol groups is 1. The van der Waals surface area contributed by atoms with Crippen molar-refractivity contribution in [3.05, 3.63) is 72.3 Å². The van der Waals surface area contributed by atoms with E-state index < -0.39 is 17.2 Å². The molecule has 0 radical (unpaired) electrons. The van der Waals surface area contributed by atoms with Gasteiger partial charge in [0.15, 0.2) is 11.6 Å². The first-order chi connectivity index (χ1) is 27.3. The molecule has 0 aliphatic rings. The van der Waals surface area contributed by atoms with Gasteiger partial charge in [0.1, 0.15) is 49.1 Å². The number of esters is 3. The Morgan fingerprint density at radius 1 is 0.767 bits per heavy atom. The zero-order valence-corrected chi connectivity index (χ0v) is 43.7. The van der Waals surface area contributed by atoms with Crippen molar-refractivity contribution in [2.75, 3.05) is 63.5 Å². The van der Waals surface area contributed by atoms with Crippen LogP contribution in [0.4, 0.5) is 0 Å². The Morgan fingerprint density at radius 3 is 1.45 bits per heavy atom. The maximum absolute atomic E-state index is 11.9. The molecule has 4 N–H and O–H groups in total. The van der Waals surface area contributed by atoms with Gasteiger partial charge in [-0.05, 0) is 83.1 Å². The van der Waals surface area contributed by atoms with E-state index in [1.54, 1.807) is 55.5 Å². The minimum absolute atomic E-state index is 0. The van der Waals surface area contributed by atoms with E-state index in [4.69, 9.17) is 39.2 Å². The van der Waals surface area contributed by atoms with Gasteiger partial charge in [0.25, 0.3) is 6.47 Å². The summed E-state index contributed by atoms with van der Waals surface area (Å²) in [5.74, 6) is 1.18. The topological polar surface area (TPSA) is 262 Å². The molecule has 17 nitrogen and oxygen atoms in total. The number of thioether (sulfide) groups is 1. The Morgan fingerprint density at radius 2 is 1.17 bits per heavy atom. The van der Waals surface area contributed by atoms with Crippen LogP contribution < -0.4 is 118 Å². The predicted octanol–water partition coefficient (Wildman–Crippen LogP) is -3.54. The molecular formula is C39H58K2O17S2. The second kappa shape index (κ2) is 43.0. The third-order valence-corrected chi connectivity index (χ3v) is 7.06. The van der Waals surface area contributed by atoms with E-state index in [1.165, 1.54) is 46.4 Å². The average Bonchev–Trinajstić information content (AvgIpc) is 3.19. The number of hydrogen-bond donors (Lipinski definition) is 5. The summed E-state index contributed by atoms with van der Waals surface area (Å²) in [6, 6.07) is 12.8. The molecule has 0 bridgehead atoms. The molecule has 2 aromatic rings. The van der Waals surface area contributed by atoms with Gasteiger partial charge >= 0.3 is 121 Å². The summed E-state index contributed by atoms with van der Waals surface area (Å²) in [6.45, 7) is 13.5. The zero-order valence-electron chi connectivity index (χ0n) is 36.7. The monoisotopic (exact) mass is 940 g/mol. The largest absolute Gasteiger partial charge is 1.00 e. The van der Waals surface area contributed by atoms with Gasteiger partial charge < -0.3 is 55.7 Å². The van der Waals surface area contributed by atoms with Crippen LogP contribution in [0.3, 0.4) is 0 Å². The number of ketones is 2. The first kappa shape index (κ1) is 67.8. The van der Waals surface area contributed by atoms with Crippen molar-refractivity contribution < 1.29 is 187 Å². The van der Waals surface area contributed by atoms with Crippen LogP contribution in [-0.2, 0) is 38.3 Å². The van der Waals surface area contributed by atoms with E-state index in [9.17, 15) is 34.2 Å². The molecule has 2 aromatic carbocycles. The maximum atomic E-state index is 11.9. The molecule has 0 aromatic heterocycles. The van der Waals surface area contributed by atoms with E-state index in [0.717, 1.165) is 6.08 Å². The molecule has 60 heavy (non-hydrogen) atoms. The first-order valence-electron chi connectivity index (χ1n) is 17.5. The molecule has 0 atom stereocenters. The minimum Gasteiger partial charge on any atom is -1.00 e. The van der Waals surface area contributed by atoms with Crippen molar-refractivity contribution in [1.82, 2.24) is 0 Å². The Balaban J connectivity index is -0.000000183. The fraction of sp³-hybridized carbons (Fsp3) is 0.487. The normalized spacial score (nSPS) is 9.67. The fourth-order valence-corrected chi connectivity index (χ4v) is 4.03. The molecular weight excluding hydrogens is 883 g/mol. The number of aliphatic hydroxyl groups is 4. The molecule has 0 spiro atoms. The van der Waals surface area contributed by atoms with Crippen LogP contribution in [0.5, 0.6) is 11.5 Å². The van der Waals surface area contributed by atoms with E-state index in [1.807, 2.05) is 0 Å². The van der Waals surface area contributed by atoms with Gasteiger partial charge in [0.2, 0.25) is 0 Å². The van der Waals surface area contributed by atoms with Crippen molar-refractivity contribution in [1.29, 1.82) is 0 Å². The zero-order chi connectivity index (χ0) is 45.0. The van der Waals surface area contributed by atoms with Crippen molar-refractivity contribution in [3.63, 3.8) is 0 Å². The molecule has 0 aliphatic heterocycles. The molecule has 0 saturated carbocycles. The third kappa shape index (κ3) is 40.8. The number of hydrogen-bond acceptors (Lipinski definition) is 19. The predicted molar refractivity (Wildman–Crippen MR) is 218 cm³/mol. The Kier molecular flexibility index (Phi) is 48.7. The van der Waals surface area contributed by atoms with Crippen molar-refractivity contribution in [3.8, 4) is 11.5 Å². The van der Waals surface area contributed by atoms with Crippen LogP contribution in [0.15, 0.2) is 61.2 Å². The van der Waals surface area contributed by atoms with Crippen molar-refractivity contribution >= 4 is 60.3 Å². The summed E-state index contributed by atoms with van der Waals surface area (Å²) in [6.07, 6.45) is 1.38. The molecule has 0 fully saturated rings. The number of carbonyl (C=O) groups excluding carboxylic acids is 6. The molecule has 0 saturated heterocycles. The average molecular weight is 941 g/mol. The standard InChI is InChI=1S/C17H24O6S.C15H18O5.C4H8O2.C2H6OS.CH2O3.2K.H/c1-17(2,21)16(20)13-3-5-14(6-4-13)22-9-10-23-15(19)7-11-24-12-8-18;1-4-13(16)20-10-9-19-12-7-5-11(6-8-12)14(17)15(2,3)18;1-3-6-4(2)5;3-1-2-4;2-1-4-3;;;/h3-6,18,21H,7-12H2,1-2H3;4-8,18H,1,9-10H2,2-3H3;3H2,1-2H3;3-4H,1-2H2;1,3H;;;/q;;;;;2*+1;-1/p-1. The molecule has 0 amide bonds. The number of aliphatic hydroxyl groups excluding tert-OH is 2. The van der Waals surface area contributed by atoms with Crippen molar-refractivity contribution in [2.45, 2.75) is 59.2 Å². The SMILES string of the molecule is C=CC(=O)OCCOc1ccc(C(=O)C(C)(C)O)cc1.CC(C)(O)C(=O)c1ccc(OCCOC(=O)CCSCCO)cc1.CCOC(C)=O.O=CO[O-].OCCS.[H-].[K+].[K+]. The first-order valence-corrected chi connectivity index (χ1v) is 19.3. The summed E-state index contributed by atoms with van der Waals surface area (Å²) in [5.41, 5.74) is -2.00. The summed E-state index contributed by atoms with van der Waals surface area (Å²) in [5, 5.41) is 44.1. The fourth-order valence-electron chi connectivity index (χ4n) is 3.38. The van der Waals surface area contributed by atoms with Crippen LogP contribution in [-0.4, -0.2) is 131 Å². The third-order valence-electron chi connectivity index (χ3n) is 5.90. The van der Waals surface area contributed by atoms with Crippen LogP contribution in [0.25, 0.3) is 0 Å². The Hall–Kier alpha value is -1.23. The summed E-state index contributed by atoms with van der Waals surface area (Å²) in [7, 11) is 0. The smallest absolute Gasteiger partial charge is 1.00 e.